The number of hydrogen-bond donors (Lipinski definition) is 0. The molecule has 0 spiro atoms. The summed E-state index contributed by atoms with van der Waals surface area (Å²) in [5.41, 5.74) is 16.9. The van der Waals surface area contributed by atoms with E-state index in [2.05, 4.69) is 343 Å². The van der Waals surface area contributed by atoms with Gasteiger partial charge >= 0.3 is 0 Å². The summed E-state index contributed by atoms with van der Waals surface area (Å²) in [5, 5.41) is 0. The summed E-state index contributed by atoms with van der Waals surface area (Å²) in [7, 11) is 0. The van der Waals surface area contributed by atoms with E-state index in [4.69, 9.17) is 4.42 Å². The molecule has 16 fully saturated rings. The third-order valence-corrected chi connectivity index (χ3v) is 31.7. The van der Waals surface area contributed by atoms with Crippen molar-refractivity contribution >= 4 is 0 Å². The molecule has 23 rings (SSSR count). The maximum Gasteiger partial charge on any atom is 0.191 e. The molecule has 718 valence electrons. The van der Waals surface area contributed by atoms with Crippen molar-refractivity contribution in [2.75, 3.05) is 91.6 Å². The standard InChI is InChI=1S/C17H27N3.3C16H25N3.2C15H23N3.C14H23N3O/c1-12-6-14(7-13(2)18-12)9-20-15-8-16(20)11-19(10-15)17(3,4)5;1-12-5-13(8-17-7-12)9-19-14-6-15(19)11-18(10-14)16(2,3)4;1-12-5-6-13(8-17-12)9-19-14-7-15(19)11-18(10-14)16(2,3)4;1-12-6-5-7-13(17-12)9-19-14-8-15(19)11-18(10-14)16(2,3)4;1-15(2,3)17-10-13-7-14(11-17)18(13)9-12-5-4-6-16-8-12;1-15(2,3)17-10-13-8-14(11-17)18(13)9-12-6-4-5-7-16-12;1-10-15-11(9-18-10)6-17-12-5-13(17)8-16(7-12)14(2,3)4/h6-7,15-16H,8-11H2,1-5H3;5,7-8,14-15H,6,9-11H2,1-4H3;5-6,8,14-15H,7,9-11H2,1-4H3;5-7,14-15H,8-11H2,1-4H3;4-6,8,13-14H,7,9-11H2,1-3H3;4-7,13-14H,8-11H2,1-3H3;9,12-13H,5-8H2,1-4H3. The minimum absolute atomic E-state index is 0.299. The van der Waals surface area contributed by atoms with Gasteiger partial charge in [0.25, 0.3) is 0 Å². The van der Waals surface area contributed by atoms with Crippen LogP contribution in [0.25, 0.3) is 0 Å². The number of nitrogens with zero attached hydrogens (tertiary/aromatic N) is 21. The lowest BCUT2D eigenvalue weighted by Gasteiger charge is -2.59. The number of piperidine rings is 7. The summed E-state index contributed by atoms with van der Waals surface area (Å²) in [6, 6.07) is 38.2. The fourth-order valence-corrected chi connectivity index (χ4v) is 23.3. The zero-order valence-electron chi connectivity index (χ0n) is 86.2. The molecule has 23 heterocycles. The maximum absolute atomic E-state index is 5.28. The van der Waals surface area contributed by atoms with Gasteiger partial charge in [0.05, 0.1) is 17.1 Å². The van der Waals surface area contributed by atoms with Crippen molar-refractivity contribution in [2.24, 2.45) is 0 Å². The topological polar surface area (TPSA) is 149 Å². The van der Waals surface area contributed by atoms with Gasteiger partial charge in [-0.3, -0.25) is 98.5 Å². The van der Waals surface area contributed by atoms with Crippen LogP contribution in [0.3, 0.4) is 0 Å². The second-order valence-electron chi connectivity index (χ2n) is 48.8. The molecule has 22 heteroatoms. The highest BCUT2D eigenvalue weighted by Gasteiger charge is 2.54. The van der Waals surface area contributed by atoms with E-state index in [-0.39, 0.29) is 0 Å². The molecule has 16 saturated heterocycles. The highest BCUT2D eigenvalue weighted by molar-refractivity contribution is 5.24. The quantitative estimate of drug-likeness (QED) is 0.102. The van der Waals surface area contributed by atoms with Crippen LogP contribution in [0, 0.1) is 41.5 Å². The molecule has 7 aromatic rings. The third kappa shape index (κ3) is 24.9. The molecular weight excluding hydrogens is 1620 g/mol. The predicted octanol–water partition coefficient (Wildman–Crippen LogP) is 16.4. The number of pyridine rings is 6. The lowest BCUT2D eigenvalue weighted by atomic mass is 9.84. The van der Waals surface area contributed by atoms with Gasteiger partial charge in [-0.15, -0.1) is 0 Å². The summed E-state index contributed by atoms with van der Waals surface area (Å²) < 4.78 is 5.28. The van der Waals surface area contributed by atoms with Crippen LogP contribution in [-0.2, 0) is 45.8 Å². The molecule has 14 atom stereocenters. The molecule has 131 heavy (non-hydrogen) atoms. The summed E-state index contributed by atoms with van der Waals surface area (Å²) >= 11 is 0. The van der Waals surface area contributed by atoms with Gasteiger partial charge in [0.1, 0.15) is 6.26 Å². The maximum atomic E-state index is 5.28. The second-order valence-corrected chi connectivity index (χ2v) is 48.8. The summed E-state index contributed by atoms with van der Waals surface area (Å²) in [4.78, 5) is 67.8. The zero-order chi connectivity index (χ0) is 93.8. The normalized spacial score (nSPS) is 28.5. The Bertz CT molecular complexity index is 4550. The number of rotatable bonds is 14. The van der Waals surface area contributed by atoms with Gasteiger partial charge in [-0.1, -0.05) is 30.3 Å². The van der Waals surface area contributed by atoms with Crippen molar-refractivity contribution in [1.29, 1.82) is 0 Å². The molecule has 0 aromatic carbocycles. The van der Waals surface area contributed by atoms with E-state index in [1.165, 1.54) is 176 Å². The molecule has 0 aliphatic carbocycles. The first-order valence-electron chi connectivity index (χ1n) is 50.6. The van der Waals surface area contributed by atoms with Crippen molar-refractivity contribution in [3.05, 3.63) is 196 Å². The Balaban J connectivity index is 0.000000117. The molecule has 22 nitrogen and oxygen atoms in total. The molecule has 0 radical (unpaired) electrons. The van der Waals surface area contributed by atoms with Gasteiger partial charge in [-0.2, -0.15) is 0 Å². The fourth-order valence-electron chi connectivity index (χ4n) is 23.3. The number of likely N-dealkylation sites (tertiary alicyclic amines) is 10. The van der Waals surface area contributed by atoms with Gasteiger partial charge < -0.3 is 4.42 Å². The zero-order valence-corrected chi connectivity index (χ0v) is 86.2. The molecule has 0 N–H and O–H groups in total. The highest BCUT2D eigenvalue weighted by Crippen LogP contribution is 2.44. The van der Waals surface area contributed by atoms with Crippen LogP contribution in [0.4, 0.5) is 0 Å². The number of fused-ring (bicyclic) bond motifs is 14. The minimum Gasteiger partial charge on any atom is -0.449 e. The fraction of sp³-hybridized carbons (Fsp3) is 0.697. The van der Waals surface area contributed by atoms with Crippen molar-refractivity contribution in [2.45, 2.75) is 401 Å². The average molecular weight is 1790 g/mol. The van der Waals surface area contributed by atoms with Crippen LogP contribution in [0.15, 0.2) is 127 Å². The van der Waals surface area contributed by atoms with E-state index < -0.39 is 0 Å². The number of aryl methyl sites for hydroxylation is 6. The van der Waals surface area contributed by atoms with E-state index in [9.17, 15) is 0 Å². The number of piperazine rings is 7. The van der Waals surface area contributed by atoms with Crippen molar-refractivity contribution < 1.29 is 4.42 Å². The second kappa shape index (κ2) is 40.3. The van der Waals surface area contributed by atoms with Crippen LogP contribution >= 0.6 is 0 Å². The molecule has 14 bridgehead atoms. The highest BCUT2D eigenvalue weighted by atomic mass is 16.3. The first kappa shape index (κ1) is 99.0. The van der Waals surface area contributed by atoms with Gasteiger partial charge in [-0.05, 0) is 301 Å². The molecule has 0 saturated carbocycles. The van der Waals surface area contributed by atoms with Gasteiger partial charge in [0, 0.05) is 328 Å². The van der Waals surface area contributed by atoms with Crippen molar-refractivity contribution in [3.8, 4) is 0 Å². The van der Waals surface area contributed by atoms with Crippen LogP contribution in [0.1, 0.15) is 264 Å². The van der Waals surface area contributed by atoms with Crippen molar-refractivity contribution in [3.63, 3.8) is 0 Å². The van der Waals surface area contributed by atoms with Gasteiger partial charge in [0.2, 0.25) is 0 Å². The summed E-state index contributed by atoms with van der Waals surface area (Å²) in [6.45, 7) is 85.4. The number of hydrogen-bond acceptors (Lipinski definition) is 22. The monoisotopic (exact) mass is 1790 g/mol. The molecule has 7 aromatic heterocycles. The van der Waals surface area contributed by atoms with E-state index in [1.54, 1.807) is 6.26 Å². The van der Waals surface area contributed by atoms with Crippen molar-refractivity contribution in [1.82, 2.24) is 103 Å². The van der Waals surface area contributed by atoms with Crippen LogP contribution < -0.4 is 0 Å². The van der Waals surface area contributed by atoms with E-state index >= 15 is 0 Å². The summed E-state index contributed by atoms with van der Waals surface area (Å²) in [5.74, 6) is 0.770. The molecule has 14 unspecified atom stereocenters. The minimum atomic E-state index is 0.299. The van der Waals surface area contributed by atoms with Crippen LogP contribution in [-0.4, -0.2) is 318 Å². The Morgan fingerprint density at radius 1 is 0.260 bits per heavy atom. The van der Waals surface area contributed by atoms with E-state index in [0.29, 0.717) is 50.9 Å². The number of aromatic nitrogens is 7. The van der Waals surface area contributed by atoms with Crippen LogP contribution in [0.2, 0.25) is 0 Å². The molecular formula is C109H171N21O. The molecule has 16 aliphatic heterocycles. The Labute approximate surface area is 791 Å². The predicted molar refractivity (Wildman–Crippen MR) is 534 cm³/mol. The average Bonchev–Trinajstić information content (AvgIpc) is 1.21. The Hall–Kier alpha value is -6.45. The Morgan fingerprint density at radius 2 is 0.595 bits per heavy atom. The van der Waals surface area contributed by atoms with E-state index in [0.717, 1.165) is 153 Å². The third-order valence-electron chi connectivity index (χ3n) is 31.7. The first-order chi connectivity index (χ1) is 61.6. The van der Waals surface area contributed by atoms with Gasteiger partial charge in [0.15, 0.2) is 5.89 Å². The van der Waals surface area contributed by atoms with E-state index in [1.807, 2.05) is 63.2 Å². The van der Waals surface area contributed by atoms with Crippen LogP contribution in [0.5, 0.6) is 0 Å². The Kier molecular flexibility index (Phi) is 30.5. The summed E-state index contributed by atoms with van der Waals surface area (Å²) in [6.07, 6.45) is 23.1. The molecule has 0 amide bonds. The SMILES string of the molecule is CC(C)(C)N1CC2CC(C1)N2Cc1ccccn1.CC(C)(C)N1CC2CC(C1)N2Cc1cccnc1.Cc1cc(CN2C3CC2CN(C(C)(C)C)C3)cc(C)n1.Cc1ccc(CN2C3CC2CN(C(C)(C)C)C3)cn1.Cc1cccc(CN2C3CC2CN(C(C)(C)C)C3)n1.Cc1cncc(CN2C3CC2CN(C(C)(C)C)C3)c1.Cc1nc(CN2C3CC2CN(C(C)(C)C)C3)co1. The lowest BCUT2D eigenvalue weighted by Crippen LogP contribution is -2.70. The number of oxazole rings is 1. The van der Waals surface area contributed by atoms with Gasteiger partial charge in [-0.25, -0.2) is 4.98 Å². The first-order valence-corrected chi connectivity index (χ1v) is 50.6. The molecule has 16 aliphatic rings. The lowest BCUT2D eigenvalue weighted by molar-refractivity contribution is -0.100. The largest absolute Gasteiger partial charge is 0.449 e. The Morgan fingerprint density at radius 3 is 0.908 bits per heavy atom. The smallest absolute Gasteiger partial charge is 0.191 e.